The normalized spacial score (nSPS) is 18.9. The molecule has 1 aliphatic heterocycles. The van der Waals surface area contributed by atoms with Gasteiger partial charge in [-0.15, -0.1) is 0 Å². The summed E-state index contributed by atoms with van der Waals surface area (Å²) in [6, 6.07) is 16.5. The van der Waals surface area contributed by atoms with Crippen molar-refractivity contribution in [1.82, 2.24) is 15.5 Å². The zero-order chi connectivity index (χ0) is 24.4. The van der Waals surface area contributed by atoms with Gasteiger partial charge < -0.3 is 20.5 Å². The molecule has 2 aromatic carbocycles. The van der Waals surface area contributed by atoms with Crippen molar-refractivity contribution in [2.75, 3.05) is 26.2 Å². The van der Waals surface area contributed by atoms with E-state index in [2.05, 4.69) is 34.9 Å². The third-order valence-electron chi connectivity index (χ3n) is 7.37. The number of carboxylic acids is 1. The smallest absolute Gasteiger partial charge is 0.407 e. The van der Waals surface area contributed by atoms with Gasteiger partial charge in [-0.05, 0) is 47.9 Å². The van der Waals surface area contributed by atoms with Crippen LogP contribution in [0.3, 0.4) is 0 Å². The first-order chi connectivity index (χ1) is 16.9. The molecule has 0 unspecified atom stereocenters. The number of fused-ring (bicyclic) bond motifs is 3. The number of carboxylic acid groups (broad SMARTS) is 1. The lowest BCUT2D eigenvalue weighted by Crippen LogP contribution is -2.49. The van der Waals surface area contributed by atoms with Crippen LogP contribution in [-0.2, 0) is 14.3 Å². The zero-order valence-electron chi connectivity index (χ0n) is 19.7. The highest BCUT2D eigenvalue weighted by Gasteiger charge is 2.45. The Morgan fingerprint density at radius 1 is 0.971 bits per heavy atom. The van der Waals surface area contributed by atoms with Crippen molar-refractivity contribution >= 4 is 18.0 Å². The van der Waals surface area contributed by atoms with Crippen molar-refractivity contribution in [3.63, 3.8) is 0 Å². The van der Waals surface area contributed by atoms with Crippen LogP contribution in [-0.4, -0.2) is 65.8 Å². The molecule has 2 aliphatic carbocycles. The third-order valence-corrected chi connectivity index (χ3v) is 7.37. The number of piperidine rings is 1. The molecule has 0 atom stereocenters. The molecule has 8 heteroatoms. The number of nitrogens with one attached hydrogen (secondary N) is 2. The molecule has 0 aromatic heterocycles. The van der Waals surface area contributed by atoms with E-state index in [1.807, 2.05) is 29.2 Å². The molecule has 2 fully saturated rings. The Balaban J connectivity index is 1.06. The average Bonchev–Trinajstić information content (AvgIpc) is 3.50. The predicted octanol–water partition coefficient (Wildman–Crippen LogP) is 3.11. The van der Waals surface area contributed by atoms with E-state index in [9.17, 15) is 14.4 Å². The number of carbonyl (C=O) groups excluding carboxylic acids is 2. The van der Waals surface area contributed by atoms with Crippen molar-refractivity contribution in [2.45, 2.75) is 49.6 Å². The molecule has 35 heavy (non-hydrogen) atoms. The summed E-state index contributed by atoms with van der Waals surface area (Å²) >= 11 is 0. The number of alkyl carbamates (subject to hydrolysis) is 1. The Morgan fingerprint density at radius 3 is 2.14 bits per heavy atom. The number of hydrogen-bond acceptors (Lipinski definition) is 5. The number of benzene rings is 2. The molecule has 3 N–H and O–H groups in total. The van der Waals surface area contributed by atoms with Crippen LogP contribution in [0.25, 0.3) is 11.1 Å². The van der Waals surface area contributed by atoms with E-state index < -0.39 is 17.6 Å². The van der Waals surface area contributed by atoms with Crippen LogP contribution in [0, 0.1) is 0 Å². The molecule has 3 aliphatic rings. The molecule has 2 amide bonds. The first kappa shape index (κ1) is 23.4. The van der Waals surface area contributed by atoms with Crippen LogP contribution in [0.4, 0.5) is 4.79 Å². The minimum atomic E-state index is -0.886. The van der Waals surface area contributed by atoms with Crippen molar-refractivity contribution in [3.05, 3.63) is 59.7 Å². The minimum absolute atomic E-state index is 0.00625. The van der Waals surface area contributed by atoms with Gasteiger partial charge in [0.15, 0.2) is 0 Å². The summed E-state index contributed by atoms with van der Waals surface area (Å²) in [6.07, 6.45) is 2.47. The first-order valence-corrected chi connectivity index (χ1v) is 12.3. The maximum Gasteiger partial charge on any atom is 0.407 e. The van der Waals surface area contributed by atoms with E-state index in [4.69, 9.17) is 9.84 Å². The lowest BCUT2D eigenvalue weighted by Gasteiger charge is -2.32. The number of rotatable bonds is 8. The van der Waals surface area contributed by atoms with E-state index in [0.29, 0.717) is 13.1 Å². The standard InChI is InChI=1S/C27H31N3O5/c31-24(29-27(11-12-27)15-25(32)33)16-30-13-9-18(10-14-30)28-26(34)35-17-23-21-7-3-1-5-19(21)20-6-2-4-8-22(20)23/h1-8,18,23H,9-17H2,(H,28,34)(H,29,31)(H,32,33). The molecule has 1 heterocycles. The third kappa shape index (κ3) is 5.32. The van der Waals surface area contributed by atoms with Crippen molar-refractivity contribution in [1.29, 1.82) is 0 Å². The molecular weight excluding hydrogens is 446 g/mol. The Bertz CT molecular complexity index is 1080. The van der Waals surface area contributed by atoms with Crippen molar-refractivity contribution in [3.8, 4) is 11.1 Å². The van der Waals surface area contributed by atoms with Crippen LogP contribution in [0.15, 0.2) is 48.5 Å². The summed E-state index contributed by atoms with van der Waals surface area (Å²) in [4.78, 5) is 37.9. The molecule has 1 saturated carbocycles. The Hall–Kier alpha value is -3.39. The Labute approximate surface area is 204 Å². The molecular formula is C27H31N3O5. The van der Waals surface area contributed by atoms with Gasteiger partial charge in [-0.3, -0.25) is 14.5 Å². The molecule has 0 bridgehead atoms. The second-order valence-electron chi connectivity index (χ2n) is 9.92. The van der Waals surface area contributed by atoms with Gasteiger partial charge >= 0.3 is 12.1 Å². The number of amides is 2. The number of carbonyl (C=O) groups is 3. The van der Waals surface area contributed by atoms with Crippen LogP contribution in [0.2, 0.25) is 0 Å². The average molecular weight is 478 g/mol. The summed E-state index contributed by atoms with van der Waals surface area (Å²) in [7, 11) is 0. The van der Waals surface area contributed by atoms with Gasteiger partial charge in [0.25, 0.3) is 0 Å². The SMILES string of the molecule is O=C(O)CC1(NC(=O)CN2CCC(NC(=O)OCC3c4ccccc4-c4ccccc43)CC2)CC1. The quantitative estimate of drug-likeness (QED) is 0.539. The Morgan fingerprint density at radius 2 is 1.57 bits per heavy atom. The molecule has 1 saturated heterocycles. The maximum absolute atomic E-state index is 12.5. The van der Waals surface area contributed by atoms with E-state index in [-0.39, 0.29) is 37.4 Å². The number of nitrogens with zero attached hydrogens (tertiary/aromatic N) is 1. The topological polar surface area (TPSA) is 108 Å². The van der Waals surface area contributed by atoms with Crippen molar-refractivity contribution < 1.29 is 24.2 Å². The number of likely N-dealkylation sites (tertiary alicyclic amines) is 1. The van der Waals surface area contributed by atoms with Crippen LogP contribution < -0.4 is 10.6 Å². The summed E-state index contributed by atoms with van der Waals surface area (Å²) in [5.41, 5.74) is 4.22. The summed E-state index contributed by atoms with van der Waals surface area (Å²) in [5.74, 6) is -0.987. The molecule has 0 spiro atoms. The highest BCUT2D eigenvalue weighted by Crippen LogP contribution is 2.44. The van der Waals surface area contributed by atoms with Gasteiger partial charge in [0.05, 0.1) is 18.5 Å². The summed E-state index contributed by atoms with van der Waals surface area (Å²) in [5, 5.41) is 14.9. The van der Waals surface area contributed by atoms with Crippen molar-refractivity contribution in [2.24, 2.45) is 0 Å². The maximum atomic E-state index is 12.5. The number of ether oxygens (including phenoxy) is 1. The lowest BCUT2D eigenvalue weighted by molar-refractivity contribution is -0.138. The van der Waals surface area contributed by atoms with E-state index >= 15 is 0 Å². The lowest BCUT2D eigenvalue weighted by atomic mass is 9.98. The van der Waals surface area contributed by atoms with Gasteiger partial charge in [-0.2, -0.15) is 0 Å². The number of hydrogen-bond donors (Lipinski definition) is 3. The monoisotopic (exact) mass is 477 g/mol. The van der Waals surface area contributed by atoms with Crippen LogP contribution in [0.5, 0.6) is 0 Å². The Kier molecular flexibility index (Phi) is 6.47. The number of aliphatic carboxylic acids is 1. The van der Waals surface area contributed by atoms with E-state index in [1.54, 1.807) is 0 Å². The largest absolute Gasteiger partial charge is 0.481 e. The minimum Gasteiger partial charge on any atom is -0.481 e. The molecule has 2 aromatic rings. The zero-order valence-corrected chi connectivity index (χ0v) is 19.7. The second-order valence-corrected chi connectivity index (χ2v) is 9.92. The molecule has 8 nitrogen and oxygen atoms in total. The van der Waals surface area contributed by atoms with Gasteiger partial charge in [0.1, 0.15) is 6.61 Å². The fourth-order valence-electron chi connectivity index (χ4n) is 5.37. The fourth-order valence-corrected chi connectivity index (χ4v) is 5.37. The summed E-state index contributed by atoms with van der Waals surface area (Å²) < 4.78 is 5.65. The molecule has 184 valence electrons. The predicted molar refractivity (Wildman–Crippen MR) is 130 cm³/mol. The second kappa shape index (κ2) is 9.70. The van der Waals surface area contributed by atoms with Gasteiger partial charge in [0.2, 0.25) is 5.91 Å². The van der Waals surface area contributed by atoms with Gasteiger partial charge in [-0.25, -0.2) is 4.79 Å². The molecule has 0 radical (unpaired) electrons. The van der Waals surface area contributed by atoms with Crippen LogP contribution in [0.1, 0.15) is 49.1 Å². The van der Waals surface area contributed by atoms with Gasteiger partial charge in [0, 0.05) is 25.0 Å². The summed E-state index contributed by atoms with van der Waals surface area (Å²) in [6.45, 7) is 1.91. The van der Waals surface area contributed by atoms with E-state index in [0.717, 1.165) is 25.7 Å². The highest BCUT2D eigenvalue weighted by atomic mass is 16.5. The fraction of sp³-hybridized carbons (Fsp3) is 0.444. The highest BCUT2D eigenvalue weighted by molar-refractivity contribution is 5.81. The van der Waals surface area contributed by atoms with Gasteiger partial charge in [-0.1, -0.05) is 48.5 Å². The van der Waals surface area contributed by atoms with E-state index in [1.165, 1.54) is 22.3 Å². The molecule has 5 rings (SSSR count). The first-order valence-electron chi connectivity index (χ1n) is 12.3. The van der Waals surface area contributed by atoms with Crippen LogP contribution >= 0.6 is 0 Å².